The first-order valence-corrected chi connectivity index (χ1v) is 7.58. The Balaban J connectivity index is 2.61. The smallest absolute Gasteiger partial charge is 0.171 e. The highest BCUT2D eigenvalue weighted by atomic mass is 16.1. The highest BCUT2D eigenvalue weighted by molar-refractivity contribution is 6.00. The molecule has 0 saturated carbocycles. The van der Waals surface area contributed by atoms with Gasteiger partial charge in [-0.05, 0) is 0 Å². The van der Waals surface area contributed by atoms with Gasteiger partial charge < -0.3 is 0 Å². The Morgan fingerprint density at radius 3 is 2.05 bits per heavy atom. The second-order valence-corrected chi connectivity index (χ2v) is 7.65. The standard InChI is InChI=1S/C19H24N2O/c1-18(2,3)15-14(16(22)19(4,5)6)12-20-17(21-15)13-10-8-7-9-11-13/h7-12H,1-6H3. The number of nitrogens with zero attached hydrogens (tertiary/aromatic N) is 2. The van der Waals surface area contributed by atoms with Crippen LogP contribution in [0.3, 0.4) is 0 Å². The number of hydrogen-bond donors (Lipinski definition) is 0. The van der Waals surface area contributed by atoms with E-state index in [1.807, 2.05) is 51.1 Å². The molecule has 0 bridgehead atoms. The lowest BCUT2D eigenvalue weighted by Crippen LogP contribution is -2.27. The summed E-state index contributed by atoms with van der Waals surface area (Å²) in [6.45, 7) is 12.0. The molecule has 0 unspecified atom stereocenters. The van der Waals surface area contributed by atoms with Crippen LogP contribution >= 0.6 is 0 Å². The van der Waals surface area contributed by atoms with Crippen LogP contribution in [0.25, 0.3) is 11.4 Å². The zero-order chi connectivity index (χ0) is 16.5. The topological polar surface area (TPSA) is 42.9 Å². The van der Waals surface area contributed by atoms with Crippen molar-refractivity contribution < 1.29 is 4.79 Å². The van der Waals surface area contributed by atoms with Crippen molar-refractivity contribution in [2.75, 3.05) is 0 Å². The predicted molar refractivity (Wildman–Crippen MR) is 90.0 cm³/mol. The molecule has 0 N–H and O–H groups in total. The van der Waals surface area contributed by atoms with Crippen molar-refractivity contribution in [2.24, 2.45) is 5.41 Å². The number of ketones is 1. The van der Waals surface area contributed by atoms with E-state index in [0.29, 0.717) is 11.4 Å². The maximum Gasteiger partial charge on any atom is 0.171 e. The van der Waals surface area contributed by atoms with Gasteiger partial charge in [0.25, 0.3) is 0 Å². The van der Waals surface area contributed by atoms with Gasteiger partial charge in [-0.1, -0.05) is 71.9 Å². The van der Waals surface area contributed by atoms with Gasteiger partial charge in [0, 0.05) is 22.6 Å². The number of Topliss-reactive ketones (excluding diaryl/α,β-unsaturated/α-hetero) is 1. The Morgan fingerprint density at radius 2 is 1.55 bits per heavy atom. The van der Waals surface area contributed by atoms with E-state index in [4.69, 9.17) is 4.98 Å². The summed E-state index contributed by atoms with van der Waals surface area (Å²) in [6, 6.07) is 9.85. The van der Waals surface area contributed by atoms with Gasteiger partial charge >= 0.3 is 0 Å². The Bertz CT molecular complexity index is 677. The summed E-state index contributed by atoms with van der Waals surface area (Å²) in [5.41, 5.74) is 1.73. The largest absolute Gasteiger partial charge is 0.293 e. The second kappa shape index (κ2) is 5.64. The molecule has 1 heterocycles. The van der Waals surface area contributed by atoms with E-state index < -0.39 is 5.41 Å². The number of carbonyl (C=O) groups excluding carboxylic acids is 1. The SMILES string of the molecule is CC(C)(C)C(=O)c1cnc(-c2ccccc2)nc1C(C)(C)C. The fourth-order valence-corrected chi connectivity index (χ4v) is 2.25. The van der Waals surface area contributed by atoms with Gasteiger partial charge in [0.15, 0.2) is 11.6 Å². The molecule has 3 heteroatoms. The molecule has 2 rings (SSSR count). The first kappa shape index (κ1) is 16.3. The van der Waals surface area contributed by atoms with Gasteiger partial charge in [-0.2, -0.15) is 0 Å². The quantitative estimate of drug-likeness (QED) is 0.756. The molecule has 0 amide bonds. The zero-order valence-corrected chi connectivity index (χ0v) is 14.3. The lowest BCUT2D eigenvalue weighted by Gasteiger charge is -2.25. The molecule has 116 valence electrons. The molecule has 0 fully saturated rings. The highest BCUT2D eigenvalue weighted by Gasteiger charge is 2.30. The maximum atomic E-state index is 12.7. The summed E-state index contributed by atoms with van der Waals surface area (Å²) in [6.07, 6.45) is 1.68. The Hall–Kier alpha value is -2.03. The van der Waals surface area contributed by atoms with Crippen LogP contribution in [-0.4, -0.2) is 15.8 Å². The summed E-state index contributed by atoms with van der Waals surface area (Å²) in [5, 5.41) is 0. The molecule has 22 heavy (non-hydrogen) atoms. The fraction of sp³-hybridized carbons (Fsp3) is 0.421. The van der Waals surface area contributed by atoms with E-state index >= 15 is 0 Å². The Morgan fingerprint density at radius 1 is 0.955 bits per heavy atom. The van der Waals surface area contributed by atoms with Crippen molar-refractivity contribution in [1.82, 2.24) is 9.97 Å². The third-order valence-corrected chi connectivity index (χ3v) is 3.46. The molecule has 0 spiro atoms. The minimum Gasteiger partial charge on any atom is -0.293 e. The molecule has 1 aromatic heterocycles. The van der Waals surface area contributed by atoms with Crippen LogP contribution < -0.4 is 0 Å². The van der Waals surface area contributed by atoms with Gasteiger partial charge in [-0.3, -0.25) is 4.79 Å². The molecular formula is C19H24N2O. The van der Waals surface area contributed by atoms with Crippen LogP contribution in [0, 0.1) is 5.41 Å². The van der Waals surface area contributed by atoms with Crippen molar-refractivity contribution >= 4 is 5.78 Å². The van der Waals surface area contributed by atoms with Crippen molar-refractivity contribution in [3.63, 3.8) is 0 Å². The molecular weight excluding hydrogens is 272 g/mol. The average Bonchev–Trinajstić information content (AvgIpc) is 2.45. The maximum absolute atomic E-state index is 12.7. The Kier molecular flexibility index (Phi) is 4.19. The van der Waals surface area contributed by atoms with Crippen molar-refractivity contribution in [3.05, 3.63) is 47.8 Å². The minimum absolute atomic E-state index is 0.0806. The predicted octanol–water partition coefficient (Wildman–Crippen LogP) is 4.67. The van der Waals surface area contributed by atoms with Gasteiger partial charge in [0.2, 0.25) is 0 Å². The van der Waals surface area contributed by atoms with E-state index in [1.165, 1.54) is 0 Å². The molecule has 0 aliphatic carbocycles. The van der Waals surface area contributed by atoms with Crippen LogP contribution in [0.5, 0.6) is 0 Å². The lowest BCUT2D eigenvalue weighted by atomic mass is 9.81. The highest BCUT2D eigenvalue weighted by Crippen LogP contribution is 2.30. The number of hydrogen-bond acceptors (Lipinski definition) is 3. The molecule has 3 nitrogen and oxygen atoms in total. The van der Waals surface area contributed by atoms with E-state index in [-0.39, 0.29) is 11.2 Å². The van der Waals surface area contributed by atoms with Crippen LogP contribution in [0.1, 0.15) is 57.6 Å². The van der Waals surface area contributed by atoms with Crippen molar-refractivity contribution in [2.45, 2.75) is 47.0 Å². The van der Waals surface area contributed by atoms with Crippen LogP contribution in [0.4, 0.5) is 0 Å². The zero-order valence-electron chi connectivity index (χ0n) is 14.3. The van der Waals surface area contributed by atoms with Gasteiger partial charge in [0.05, 0.1) is 11.3 Å². The first-order chi connectivity index (χ1) is 10.1. The molecule has 1 aromatic carbocycles. The summed E-state index contributed by atoms with van der Waals surface area (Å²) in [7, 11) is 0. The molecule has 0 saturated heterocycles. The fourth-order valence-electron chi connectivity index (χ4n) is 2.25. The van der Waals surface area contributed by atoms with E-state index in [9.17, 15) is 4.79 Å². The summed E-state index contributed by atoms with van der Waals surface area (Å²) in [4.78, 5) is 21.8. The monoisotopic (exact) mass is 296 g/mol. The first-order valence-electron chi connectivity index (χ1n) is 7.58. The normalized spacial score (nSPS) is 12.3. The van der Waals surface area contributed by atoms with E-state index in [2.05, 4.69) is 25.8 Å². The number of benzene rings is 1. The molecule has 0 radical (unpaired) electrons. The molecule has 0 atom stereocenters. The van der Waals surface area contributed by atoms with Gasteiger partial charge in [0.1, 0.15) is 0 Å². The minimum atomic E-state index is -0.447. The average molecular weight is 296 g/mol. The van der Waals surface area contributed by atoms with Crippen molar-refractivity contribution in [3.8, 4) is 11.4 Å². The summed E-state index contributed by atoms with van der Waals surface area (Å²) >= 11 is 0. The van der Waals surface area contributed by atoms with Gasteiger partial charge in [-0.25, -0.2) is 9.97 Å². The van der Waals surface area contributed by atoms with Crippen LogP contribution in [-0.2, 0) is 5.41 Å². The van der Waals surface area contributed by atoms with Crippen molar-refractivity contribution in [1.29, 1.82) is 0 Å². The lowest BCUT2D eigenvalue weighted by molar-refractivity contribution is 0.0855. The summed E-state index contributed by atoms with van der Waals surface area (Å²) in [5.74, 6) is 0.744. The molecule has 0 aliphatic heterocycles. The van der Waals surface area contributed by atoms with E-state index in [1.54, 1.807) is 6.20 Å². The Labute approximate surface area is 132 Å². The molecule has 0 aliphatic rings. The van der Waals surface area contributed by atoms with Crippen LogP contribution in [0.2, 0.25) is 0 Å². The number of rotatable bonds is 2. The number of carbonyl (C=O) groups is 1. The van der Waals surface area contributed by atoms with Crippen LogP contribution in [0.15, 0.2) is 36.5 Å². The molecule has 2 aromatic rings. The second-order valence-electron chi connectivity index (χ2n) is 7.65. The van der Waals surface area contributed by atoms with E-state index in [0.717, 1.165) is 11.3 Å². The summed E-state index contributed by atoms with van der Waals surface area (Å²) < 4.78 is 0. The third-order valence-electron chi connectivity index (χ3n) is 3.46. The van der Waals surface area contributed by atoms with Gasteiger partial charge in [-0.15, -0.1) is 0 Å². The number of aromatic nitrogens is 2. The third kappa shape index (κ3) is 3.41.